The number of azo groups is 1. The molecule has 23 heavy (non-hydrogen) atoms. The molecule has 0 radical (unpaired) electrons. The average molecular weight is 345 g/mol. The van der Waals surface area contributed by atoms with Crippen LogP contribution in [0.2, 0.25) is 10.0 Å². The lowest BCUT2D eigenvalue weighted by Gasteiger charge is -2.06. The fourth-order valence-electron chi connectivity index (χ4n) is 2.22. The summed E-state index contributed by atoms with van der Waals surface area (Å²) in [4.78, 5) is 11.3. The van der Waals surface area contributed by atoms with E-state index in [-0.39, 0.29) is 17.0 Å². The molecule has 1 N–H and O–H groups in total. The lowest BCUT2D eigenvalue weighted by Crippen LogP contribution is -1.85. The molecule has 0 saturated heterocycles. The van der Waals surface area contributed by atoms with Crippen molar-refractivity contribution in [1.29, 1.82) is 0 Å². The molecule has 0 aliphatic rings. The van der Waals surface area contributed by atoms with E-state index in [9.17, 15) is 9.90 Å². The molecule has 6 heteroatoms. The number of hydrogen-bond donors (Lipinski definition) is 1. The summed E-state index contributed by atoms with van der Waals surface area (Å²) in [6.07, 6.45) is 0.600. The van der Waals surface area contributed by atoms with Gasteiger partial charge in [0.05, 0.1) is 10.6 Å². The van der Waals surface area contributed by atoms with Crippen LogP contribution in [-0.2, 0) is 0 Å². The molecule has 0 amide bonds. The third-order valence-corrected chi connectivity index (χ3v) is 3.89. The number of carbonyl (C=O) groups excluding carboxylic acids is 1. The van der Waals surface area contributed by atoms with Crippen molar-refractivity contribution in [2.24, 2.45) is 10.2 Å². The average Bonchev–Trinajstić information content (AvgIpc) is 2.56. The van der Waals surface area contributed by atoms with Crippen molar-refractivity contribution in [3.8, 4) is 5.75 Å². The first kappa shape index (κ1) is 15.5. The van der Waals surface area contributed by atoms with Gasteiger partial charge in [0.25, 0.3) is 0 Å². The number of aldehydes is 1. The van der Waals surface area contributed by atoms with Gasteiger partial charge in [0.1, 0.15) is 11.4 Å². The molecule has 0 aliphatic heterocycles. The molecule has 0 fully saturated rings. The van der Waals surface area contributed by atoms with Crippen molar-refractivity contribution < 1.29 is 9.90 Å². The highest BCUT2D eigenvalue weighted by Crippen LogP contribution is 2.37. The second-order valence-electron chi connectivity index (χ2n) is 4.79. The summed E-state index contributed by atoms with van der Waals surface area (Å²) in [7, 11) is 0. The summed E-state index contributed by atoms with van der Waals surface area (Å²) in [6.45, 7) is 0. The number of halogens is 2. The molecule has 0 aromatic heterocycles. The van der Waals surface area contributed by atoms with Gasteiger partial charge in [-0.05, 0) is 35.0 Å². The van der Waals surface area contributed by atoms with E-state index >= 15 is 0 Å². The number of nitrogens with zero attached hydrogens (tertiary/aromatic N) is 2. The van der Waals surface area contributed by atoms with Gasteiger partial charge in [-0.1, -0.05) is 47.5 Å². The normalized spacial score (nSPS) is 11.2. The molecule has 0 atom stereocenters. The standard InChI is InChI=1S/C17H10Cl2N2O2/c18-11-5-6-14(19)15(8-11)20-21-16-7-10-3-1-2-4-12(10)13(9-22)17(16)23/h1-9,23H. The summed E-state index contributed by atoms with van der Waals surface area (Å²) in [5.41, 5.74) is 0.732. The van der Waals surface area contributed by atoms with Crippen LogP contribution in [0.3, 0.4) is 0 Å². The smallest absolute Gasteiger partial charge is 0.154 e. The number of phenolic OH excluding ortho intramolecular Hbond substituents is 1. The number of benzene rings is 3. The van der Waals surface area contributed by atoms with Crippen LogP contribution in [0.5, 0.6) is 5.75 Å². The fraction of sp³-hybridized carbons (Fsp3) is 0. The van der Waals surface area contributed by atoms with Crippen molar-refractivity contribution >= 4 is 51.6 Å². The second kappa shape index (κ2) is 6.36. The number of aromatic hydroxyl groups is 1. The maximum Gasteiger partial charge on any atom is 0.154 e. The van der Waals surface area contributed by atoms with Gasteiger partial charge >= 0.3 is 0 Å². The Bertz CT molecular complexity index is 939. The first-order valence-corrected chi connectivity index (χ1v) is 7.42. The van der Waals surface area contributed by atoms with Crippen molar-refractivity contribution in [3.63, 3.8) is 0 Å². The van der Waals surface area contributed by atoms with Gasteiger partial charge in [-0.2, -0.15) is 0 Å². The van der Waals surface area contributed by atoms with E-state index in [1.807, 2.05) is 12.1 Å². The molecule has 0 heterocycles. The van der Waals surface area contributed by atoms with E-state index in [0.29, 0.717) is 27.4 Å². The Balaban J connectivity index is 2.13. The van der Waals surface area contributed by atoms with Crippen molar-refractivity contribution in [1.82, 2.24) is 0 Å². The predicted molar refractivity (Wildman–Crippen MR) is 91.6 cm³/mol. The molecule has 0 aliphatic carbocycles. The van der Waals surface area contributed by atoms with Crippen LogP contribution in [0.15, 0.2) is 58.8 Å². The Labute approximate surface area is 142 Å². The Morgan fingerprint density at radius 3 is 2.48 bits per heavy atom. The zero-order valence-corrected chi connectivity index (χ0v) is 13.2. The molecule has 4 nitrogen and oxygen atoms in total. The molecule has 3 rings (SSSR count). The highest BCUT2D eigenvalue weighted by atomic mass is 35.5. The van der Waals surface area contributed by atoms with Crippen molar-refractivity contribution in [3.05, 3.63) is 64.1 Å². The van der Waals surface area contributed by atoms with Crippen LogP contribution in [0.25, 0.3) is 10.8 Å². The first-order valence-electron chi connectivity index (χ1n) is 6.67. The highest BCUT2D eigenvalue weighted by molar-refractivity contribution is 6.35. The number of carbonyl (C=O) groups is 1. The minimum Gasteiger partial charge on any atom is -0.505 e. The third-order valence-electron chi connectivity index (χ3n) is 3.33. The monoisotopic (exact) mass is 344 g/mol. The molecule has 114 valence electrons. The van der Waals surface area contributed by atoms with Crippen LogP contribution in [0.4, 0.5) is 11.4 Å². The van der Waals surface area contributed by atoms with Crippen LogP contribution < -0.4 is 0 Å². The van der Waals surface area contributed by atoms with Gasteiger partial charge in [-0.25, -0.2) is 0 Å². The summed E-state index contributed by atoms with van der Waals surface area (Å²) in [6, 6.07) is 13.7. The van der Waals surface area contributed by atoms with E-state index in [4.69, 9.17) is 23.2 Å². The summed E-state index contributed by atoms with van der Waals surface area (Å²) >= 11 is 11.9. The Hall–Kier alpha value is -2.43. The topological polar surface area (TPSA) is 62.0 Å². The third kappa shape index (κ3) is 3.04. The SMILES string of the molecule is O=Cc1c(O)c(N=Nc2cc(Cl)ccc2Cl)cc2ccccc12. The summed E-state index contributed by atoms with van der Waals surface area (Å²) in [5.74, 6) is -0.222. The maximum atomic E-state index is 11.3. The minimum absolute atomic E-state index is 0.175. The van der Waals surface area contributed by atoms with E-state index < -0.39 is 0 Å². The number of hydrogen-bond acceptors (Lipinski definition) is 4. The molecule has 0 bridgehead atoms. The Morgan fingerprint density at radius 1 is 0.957 bits per heavy atom. The van der Waals surface area contributed by atoms with E-state index in [1.165, 1.54) is 0 Å². The van der Waals surface area contributed by atoms with Crippen molar-refractivity contribution in [2.45, 2.75) is 0 Å². The van der Waals surface area contributed by atoms with E-state index in [1.54, 1.807) is 36.4 Å². The minimum atomic E-state index is -0.222. The lowest BCUT2D eigenvalue weighted by atomic mass is 10.0. The fourth-order valence-corrected chi connectivity index (χ4v) is 2.54. The molecule has 3 aromatic rings. The number of fused-ring (bicyclic) bond motifs is 1. The zero-order chi connectivity index (χ0) is 16.4. The van der Waals surface area contributed by atoms with Gasteiger partial charge in [0, 0.05) is 5.02 Å². The van der Waals surface area contributed by atoms with Gasteiger partial charge in [-0.15, -0.1) is 10.2 Å². The van der Waals surface area contributed by atoms with Crippen LogP contribution in [-0.4, -0.2) is 11.4 Å². The quantitative estimate of drug-likeness (QED) is 0.462. The van der Waals surface area contributed by atoms with E-state index in [0.717, 1.165) is 5.39 Å². The lowest BCUT2D eigenvalue weighted by molar-refractivity contribution is 0.112. The zero-order valence-electron chi connectivity index (χ0n) is 11.7. The number of rotatable bonds is 3. The molecular weight excluding hydrogens is 335 g/mol. The molecule has 3 aromatic carbocycles. The Kier molecular flexibility index (Phi) is 4.28. The first-order chi connectivity index (χ1) is 11.1. The molecular formula is C17H10Cl2N2O2. The van der Waals surface area contributed by atoms with Crippen LogP contribution >= 0.6 is 23.2 Å². The van der Waals surface area contributed by atoms with E-state index in [2.05, 4.69) is 10.2 Å². The van der Waals surface area contributed by atoms with Gasteiger partial charge in [0.2, 0.25) is 0 Å². The van der Waals surface area contributed by atoms with Gasteiger partial charge in [-0.3, -0.25) is 4.79 Å². The Morgan fingerprint density at radius 2 is 1.70 bits per heavy atom. The van der Waals surface area contributed by atoms with Gasteiger partial charge < -0.3 is 5.11 Å². The molecule has 0 unspecified atom stereocenters. The second-order valence-corrected chi connectivity index (χ2v) is 5.64. The predicted octanol–water partition coefficient (Wildman–Crippen LogP) is 6.08. The largest absolute Gasteiger partial charge is 0.505 e. The molecule has 0 saturated carbocycles. The summed E-state index contributed by atoms with van der Waals surface area (Å²) < 4.78 is 0. The highest BCUT2D eigenvalue weighted by Gasteiger charge is 2.12. The van der Waals surface area contributed by atoms with Crippen LogP contribution in [0.1, 0.15) is 10.4 Å². The van der Waals surface area contributed by atoms with Crippen LogP contribution in [0, 0.1) is 0 Å². The van der Waals surface area contributed by atoms with Gasteiger partial charge in [0.15, 0.2) is 12.0 Å². The maximum absolute atomic E-state index is 11.3. The summed E-state index contributed by atoms with van der Waals surface area (Å²) in [5, 5.41) is 20.6. The molecule has 0 spiro atoms. The van der Waals surface area contributed by atoms with Crippen molar-refractivity contribution in [2.75, 3.05) is 0 Å². The number of phenols is 1.